The Hall–Kier alpha value is -2.62. The molecule has 0 aliphatic carbocycles. The van der Waals surface area contributed by atoms with Crippen LogP contribution < -0.4 is 11.1 Å². The number of benzene rings is 2. The number of primary amides is 1. The molecule has 4 heteroatoms. The van der Waals surface area contributed by atoms with E-state index in [4.69, 9.17) is 5.73 Å². The molecule has 0 aromatic heterocycles. The molecule has 0 aliphatic rings. The van der Waals surface area contributed by atoms with Crippen molar-refractivity contribution in [2.45, 2.75) is 19.8 Å². The van der Waals surface area contributed by atoms with Crippen LogP contribution in [-0.2, 0) is 22.4 Å². The minimum absolute atomic E-state index is 0.0630. The van der Waals surface area contributed by atoms with Crippen molar-refractivity contribution in [2.24, 2.45) is 5.73 Å². The molecule has 108 valence electrons. The van der Waals surface area contributed by atoms with Crippen LogP contribution in [0.3, 0.4) is 0 Å². The Morgan fingerprint density at radius 3 is 2.29 bits per heavy atom. The largest absolute Gasteiger partial charge is 0.369 e. The van der Waals surface area contributed by atoms with Crippen molar-refractivity contribution in [3.63, 3.8) is 0 Å². The molecule has 3 N–H and O–H groups in total. The number of nitrogens with one attached hydrogen (secondary N) is 1. The zero-order valence-corrected chi connectivity index (χ0v) is 11.9. The van der Waals surface area contributed by atoms with E-state index >= 15 is 0 Å². The minimum Gasteiger partial charge on any atom is -0.369 e. The molecular weight excluding hydrogens is 264 g/mol. The van der Waals surface area contributed by atoms with Gasteiger partial charge in [0.15, 0.2) is 0 Å². The topological polar surface area (TPSA) is 72.2 Å². The smallest absolute Gasteiger partial charge is 0.228 e. The van der Waals surface area contributed by atoms with Crippen LogP contribution in [0.1, 0.15) is 16.7 Å². The summed E-state index contributed by atoms with van der Waals surface area (Å²) in [5.74, 6) is -0.432. The van der Waals surface area contributed by atoms with Gasteiger partial charge in [-0.05, 0) is 35.7 Å². The summed E-state index contributed by atoms with van der Waals surface area (Å²) < 4.78 is 0. The van der Waals surface area contributed by atoms with Gasteiger partial charge in [-0.3, -0.25) is 9.59 Å². The van der Waals surface area contributed by atoms with Crippen LogP contribution in [0.2, 0.25) is 0 Å². The first-order valence-electron chi connectivity index (χ1n) is 6.76. The van der Waals surface area contributed by atoms with Gasteiger partial charge in [-0.2, -0.15) is 0 Å². The number of amides is 2. The summed E-state index contributed by atoms with van der Waals surface area (Å²) in [4.78, 5) is 22.8. The standard InChI is InChI=1S/C17H18N2O2/c1-12-4-2-3-5-14(12)11-17(21)19-15-8-6-13(7-9-15)10-16(18)20/h2-9H,10-11H2,1H3,(H2,18,20)(H,19,21). The summed E-state index contributed by atoms with van der Waals surface area (Å²) in [7, 11) is 0. The number of carbonyl (C=O) groups excluding carboxylic acids is 2. The molecule has 0 bridgehead atoms. The quantitative estimate of drug-likeness (QED) is 0.882. The number of aryl methyl sites for hydroxylation is 1. The molecule has 2 rings (SSSR count). The first-order valence-corrected chi connectivity index (χ1v) is 6.76. The van der Waals surface area contributed by atoms with E-state index < -0.39 is 0 Å². The number of hydrogen-bond acceptors (Lipinski definition) is 2. The SMILES string of the molecule is Cc1ccccc1CC(=O)Nc1ccc(CC(N)=O)cc1. The third-order valence-corrected chi connectivity index (χ3v) is 3.23. The number of anilines is 1. The summed E-state index contributed by atoms with van der Waals surface area (Å²) in [6.45, 7) is 1.99. The average molecular weight is 282 g/mol. The maximum absolute atomic E-state index is 12.0. The summed E-state index contributed by atoms with van der Waals surface area (Å²) in [5.41, 5.74) is 8.79. The molecule has 0 aliphatic heterocycles. The van der Waals surface area contributed by atoms with Crippen molar-refractivity contribution in [2.75, 3.05) is 5.32 Å². The van der Waals surface area contributed by atoms with E-state index in [1.165, 1.54) is 0 Å². The fraction of sp³-hybridized carbons (Fsp3) is 0.176. The van der Waals surface area contributed by atoms with Crippen LogP contribution in [0.15, 0.2) is 48.5 Å². The fourth-order valence-electron chi connectivity index (χ4n) is 2.09. The third kappa shape index (κ3) is 4.45. The number of carbonyl (C=O) groups is 2. The van der Waals surface area contributed by atoms with Crippen molar-refractivity contribution in [1.82, 2.24) is 0 Å². The van der Waals surface area contributed by atoms with Crippen molar-refractivity contribution < 1.29 is 9.59 Å². The highest BCUT2D eigenvalue weighted by Gasteiger charge is 2.06. The molecule has 0 saturated carbocycles. The molecule has 0 fully saturated rings. The molecule has 0 saturated heterocycles. The van der Waals surface area contributed by atoms with Gasteiger partial charge in [0.1, 0.15) is 0 Å². The highest BCUT2D eigenvalue weighted by molar-refractivity contribution is 5.92. The maximum Gasteiger partial charge on any atom is 0.228 e. The van der Waals surface area contributed by atoms with Crippen LogP contribution >= 0.6 is 0 Å². The molecule has 0 unspecified atom stereocenters. The molecule has 21 heavy (non-hydrogen) atoms. The lowest BCUT2D eigenvalue weighted by molar-refractivity contribution is -0.117. The second kappa shape index (κ2) is 6.70. The zero-order valence-electron chi connectivity index (χ0n) is 11.9. The van der Waals surface area contributed by atoms with Crippen molar-refractivity contribution in [3.8, 4) is 0 Å². The fourth-order valence-corrected chi connectivity index (χ4v) is 2.09. The summed E-state index contributed by atoms with van der Waals surface area (Å²) in [6, 6.07) is 14.9. The third-order valence-electron chi connectivity index (χ3n) is 3.23. The zero-order chi connectivity index (χ0) is 15.2. The van der Waals surface area contributed by atoms with Gasteiger partial charge in [-0.1, -0.05) is 36.4 Å². The van der Waals surface area contributed by atoms with E-state index in [9.17, 15) is 9.59 Å². The van der Waals surface area contributed by atoms with Crippen molar-refractivity contribution in [3.05, 3.63) is 65.2 Å². The molecule has 0 atom stereocenters. The molecule has 0 heterocycles. The Balaban J connectivity index is 1.96. The lowest BCUT2D eigenvalue weighted by atomic mass is 10.1. The summed E-state index contributed by atoms with van der Waals surface area (Å²) >= 11 is 0. The van der Waals surface area contributed by atoms with Crippen LogP contribution in [-0.4, -0.2) is 11.8 Å². The molecular formula is C17H18N2O2. The van der Waals surface area contributed by atoms with Gasteiger partial charge in [0, 0.05) is 5.69 Å². The summed E-state index contributed by atoms with van der Waals surface area (Å²) in [5, 5.41) is 2.84. The van der Waals surface area contributed by atoms with Gasteiger partial charge in [0.2, 0.25) is 11.8 Å². The Morgan fingerprint density at radius 2 is 1.67 bits per heavy atom. The van der Waals surface area contributed by atoms with E-state index in [-0.39, 0.29) is 18.2 Å². The molecule has 2 aromatic carbocycles. The molecule has 0 radical (unpaired) electrons. The van der Waals surface area contributed by atoms with Gasteiger partial charge < -0.3 is 11.1 Å². The Morgan fingerprint density at radius 1 is 1.00 bits per heavy atom. The predicted octanol–water partition coefficient (Wildman–Crippen LogP) is 2.20. The summed E-state index contributed by atoms with van der Waals surface area (Å²) in [6.07, 6.45) is 0.549. The first kappa shape index (κ1) is 14.8. The molecule has 0 spiro atoms. The van der Waals surface area contributed by atoms with Crippen LogP contribution in [0.4, 0.5) is 5.69 Å². The second-order valence-corrected chi connectivity index (χ2v) is 4.99. The van der Waals surface area contributed by atoms with Crippen molar-refractivity contribution in [1.29, 1.82) is 0 Å². The number of rotatable bonds is 5. The van der Waals surface area contributed by atoms with Crippen LogP contribution in [0, 0.1) is 6.92 Å². The Kier molecular flexibility index (Phi) is 4.72. The average Bonchev–Trinajstić information content (AvgIpc) is 2.43. The normalized spacial score (nSPS) is 10.1. The second-order valence-electron chi connectivity index (χ2n) is 4.99. The first-order chi connectivity index (χ1) is 10.0. The van der Waals surface area contributed by atoms with Gasteiger partial charge >= 0.3 is 0 Å². The number of nitrogens with two attached hydrogens (primary N) is 1. The van der Waals surface area contributed by atoms with E-state index in [0.29, 0.717) is 12.1 Å². The lowest BCUT2D eigenvalue weighted by Crippen LogP contribution is -2.15. The monoisotopic (exact) mass is 282 g/mol. The van der Waals surface area contributed by atoms with Crippen LogP contribution in [0.25, 0.3) is 0 Å². The number of hydrogen-bond donors (Lipinski definition) is 2. The molecule has 2 aromatic rings. The molecule has 2 amide bonds. The van der Waals surface area contributed by atoms with Gasteiger partial charge in [0.25, 0.3) is 0 Å². The highest BCUT2D eigenvalue weighted by atomic mass is 16.1. The van der Waals surface area contributed by atoms with Gasteiger partial charge in [-0.15, -0.1) is 0 Å². The molecule has 4 nitrogen and oxygen atoms in total. The van der Waals surface area contributed by atoms with E-state index in [0.717, 1.165) is 16.7 Å². The van der Waals surface area contributed by atoms with Crippen LogP contribution in [0.5, 0.6) is 0 Å². The highest BCUT2D eigenvalue weighted by Crippen LogP contribution is 2.12. The van der Waals surface area contributed by atoms with E-state index in [1.54, 1.807) is 24.3 Å². The Bertz CT molecular complexity index is 648. The van der Waals surface area contributed by atoms with Crippen molar-refractivity contribution >= 4 is 17.5 Å². The van der Waals surface area contributed by atoms with Gasteiger partial charge in [0.05, 0.1) is 12.8 Å². The predicted molar refractivity (Wildman–Crippen MR) is 82.9 cm³/mol. The Labute approximate surface area is 124 Å². The maximum atomic E-state index is 12.0. The minimum atomic E-state index is -0.369. The van der Waals surface area contributed by atoms with E-state index in [1.807, 2.05) is 31.2 Å². The van der Waals surface area contributed by atoms with Gasteiger partial charge in [-0.25, -0.2) is 0 Å². The van der Waals surface area contributed by atoms with E-state index in [2.05, 4.69) is 5.32 Å². The lowest BCUT2D eigenvalue weighted by Gasteiger charge is -2.08.